The van der Waals surface area contributed by atoms with Crippen LogP contribution in [0.1, 0.15) is 24.8 Å². The summed E-state index contributed by atoms with van der Waals surface area (Å²) in [5.74, 6) is 1.14. The highest BCUT2D eigenvalue weighted by molar-refractivity contribution is 5.76. The summed E-state index contributed by atoms with van der Waals surface area (Å²) >= 11 is 0. The molecule has 0 radical (unpaired) electrons. The normalized spacial score (nSPS) is 13.7. The number of anilines is 1. The molecule has 1 saturated heterocycles. The largest absolute Gasteiger partial charge is 0.493 e. The molecule has 1 fully saturated rings. The van der Waals surface area contributed by atoms with E-state index >= 15 is 0 Å². The summed E-state index contributed by atoms with van der Waals surface area (Å²) in [4.78, 5) is 18.6. The van der Waals surface area contributed by atoms with Crippen LogP contribution in [0.15, 0.2) is 42.6 Å². The zero-order valence-corrected chi connectivity index (χ0v) is 14.1. The molecule has 2 aromatic rings. The molecule has 0 atom stereocenters. The molecule has 1 aromatic heterocycles. The number of halogens is 1. The first kappa shape index (κ1) is 17.2. The fourth-order valence-corrected chi connectivity index (χ4v) is 2.77. The highest BCUT2D eigenvalue weighted by atomic mass is 19.1. The van der Waals surface area contributed by atoms with Crippen LogP contribution in [-0.4, -0.2) is 30.6 Å². The van der Waals surface area contributed by atoms with Gasteiger partial charge in [-0.3, -0.25) is 4.79 Å². The Hall–Kier alpha value is -2.63. The van der Waals surface area contributed by atoms with Gasteiger partial charge in [-0.15, -0.1) is 0 Å². The van der Waals surface area contributed by atoms with Gasteiger partial charge in [0, 0.05) is 25.8 Å². The van der Waals surface area contributed by atoms with E-state index in [1.165, 1.54) is 25.0 Å². The Morgan fingerprint density at radius 1 is 1.20 bits per heavy atom. The smallest absolute Gasteiger partial charge is 0.223 e. The van der Waals surface area contributed by atoms with Crippen LogP contribution in [0, 0.1) is 5.82 Å². The molecule has 0 spiro atoms. The van der Waals surface area contributed by atoms with Gasteiger partial charge in [0.2, 0.25) is 5.91 Å². The van der Waals surface area contributed by atoms with Crippen LogP contribution in [0.3, 0.4) is 0 Å². The molecule has 1 aliphatic heterocycles. The summed E-state index contributed by atoms with van der Waals surface area (Å²) in [6, 6.07) is 9.69. The minimum Gasteiger partial charge on any atom is -0.493 e. The molecule has 0 bridgehead atoms. The van der Waals surface area contributed by atoms with Crippen LogP contribution in [0.25, 0.3) is 0 Å². The van der Waals surface area contributed by atoms with E-state index in [2.05, 4.69) is 15.2 Å². The maximum Gasteiger partial charge on any atom is 0.223 e. The monoisotopic (exact) mass is 343 g/mol. The van der Waals surface area contributed by atoms with Crippen molar-refractivity contribution < 1.29 is 13.9 Å². The van der Waals surface area contributed by atoms with Crippen molar-refractivity contribution in [3.63, 3.8) is 0 Å². The third kappa shape index (κ3) is 5.17. The van der Waals surface area contributed by atoms with E-state index in [0.717, 1.165) is 24.5 Å². The van der Waals surface area contributed by atoms with Crippen molar-refractivity contribution in [2.45, 2.75) is 25.8 Å². The number of pyridine rings is 1. The Labute approximate surface area is 146 Å². The van der Waals surface area contributed by atoms with Crippen molar-refractivity contribution in [3.05, 3.63) is 54.0 Å². The molecule has 25 heavy (non-hydrogen) atoms. The summed E-state index contributed by atoms with van der Waals surface area (Å²) in [6.45, 7) is 2.82. The van der Waals surface area contributed by atoms with Crippen molar-refractivity contribution in [1.82, 2.24) is 10.3 Å². The topological polar surface area (TPSA) is 54.5 Å². The molecule has 6 heteroatoms. The van der Waals surface area contributed by atoms with Gasteiger partial charge >= 0.3 is 0 Å². The Morgan fingerprint density at radius 3 is 2.72 bits per heavy atom. The molecule has 5 nitrogen and oxygen atoms in total. The van der Waals surface area contributed by atoms with Gasteiger partial charge in [-0.1, -0.05) is 0 Å². The van der Waals surface area contributed by atoms with E-state index < -0.39 is 0 Å². The Balaban J connectivity index is 1.41. The highest BCUT2D eigenvalue weighted by Crippen LogP contribution is 2.18. The molecule has 1 N–H and O–H groups in total. The SMILES string of the molecule is O=C(CCOc1ccc(F)cc1)NCc1ccnc(N2CCCC2)c1. The zero-order valence-electron chi connectivity index (χ0n) is 14.1. The number of benzene rings is 1. The fourth-order valence-electron chi connectivity index (χ4n) is 2.77. The molecular weight excluding hydrogens is 321 g/mol. The second kappa shape index (κ2) is 8.46. The lowest BCUT2D eigenvalue weighted by Gasteiger charge is -2.17. The molecule has 132 valence electrons. The van der Waals surface area contributed by atoms with E-state index in [-0.39, 0.29) is 24.8 Å². The van der Waals surface area contributed by atoms with E-state index in [1.807, 2.05) is 12.1 Å². The van der Waals surface area contributed by atoms with Gasteiger partial charge in [0.1, 0.15) is 17.4 Å². The first-order chi connectivity index (χ1) is 12.2. The number of carbonyl (C=O) groups excluding carboxylic acids is 1. The lowest BCUT2D eigenvalue weighted by atomic mass is 10.2. The summed E-state index contributed by atoms with van der Waals surface area (Å²) in [5, 5.41) is 2.89. The van der Waals surface area contributed by atoms with Gasteiger partial charge in [-0.05, 0) is 54.8 Å². The van der Waals surface area contributed by atoms with Crippen LogP contribution < -0.4 is 15.0 Å². The molecule has 0 aliphatic carbocycles. The van der Waals surface area contributed by atoms with Crippen LogP contribution >= 0.6 is 0 Å². The van der Waals surface area contributed by atoms with E-state index in [4.69, 9.17) is 4.74 Å². The Kier molecular flexibility index (Phi) is 5.82. The number of nitrogens with zero attached hydrogens (tertiary/aromatic N) is 2. The van der Waals surface area contributed by atoms with Crippen molar-refractivity contribution in [2.24, 2.45) is 0 Å². The molecule has 0 saturated carbocycles. The lowest BCUT2D eigenvalue weighted by Crippen LogP contribution is -2.25. The third-order valence-electron chi connectivity index (χ3n) is 4.14. The minimum absolute atomic E-state index is 0.0818. The number of carbonyl (C=O) groups is 1. The predicted molar refractivity (Wildman–Crippen MR) is 94.0 cm³/mol. The number of amides is 1. The van der Waals surface area contributed by atoms with E-state index in [1.54, 1.807) is 18.3 Å². The average molecular weight is 343 g/mol. The van der Waals surface area contributed by atoms with Gasteiger partial charge in [0.15, 0.2) is 0 Å². The van der Waals surface area contributed by atoms with Crippen LogP contribution in [-0.2, 0) is 11.3 Å². The second-order valence-corrected chi connectivity index (χ2v) is 6.05. The van der Waals surface area contributed by atoms with Gasteiger partial charge in [-0.25, -0.2) is 9.37 Å². The Bertz CT molecular complexity index is 700. The first-order valence-electron chi connectivity index (χ1n) is 8.56. The van der Waals surface area contributed by atoms with Crippen molar-refractivity contribution in [2.75, 3.05) is 24.6 Å². The van der Waals surface area contributed by atoms with Crippen LogP contribution in [0.5, 0.6) is 5.75 Å². The van der Waals surface area contributed by atoms with Crippen LogP contribution in [0.4, 0.5) is 10.2 Å². The lowest BCUT2D eigenvalue weighted by molar-refractivity contribution is -0.121. The van der Waals surface area contributed by atoms with Crippen LogP contribution in [0.2, 0.25) is 0 Å². The second-order valence-electron chi connectivity index (χ2n) is 6.05. The van der Waals surface area contributed by atoms with Crippen molar-refractivity contribution in [1.29, 1.82) is 0 Å². The predicted octanol–water partition coefficient (Wildman–Crippen LogP) is 2.91. The van der Waals surface area contributed by atoms with Crippen molar-refractivity contribution in [3.8, 4) is 5.75 Å². The van der Waals surface area contributed by atoms with E-state index in [0.29, 0.717) is 12.3 Å². The quantitative estimate of drug-likeness (QED) is 0.840. The molecular formula is C19H22FN3O2. The summed E-state index contributed by atoms with van der Waals surface area (Å²) in [5.41, 5.74) is 1.03. The van der Waals surface area contributed by atoms with Gasteiger partial charge < -0.3 is 15.0 Å². The number of nitrogens with one attached hydrogen (secondary N) is 1. The third-order valence-corrected chi connectivity index (χ3v) is 4.14. The Morgan fingerprint density at radius 2 is 1.96 bits per heavy atom. The molecule has 1 amide bonds. The summed E-state index contributed by atoms with van der Waals surface area (Å²) in [6.07, 6.45) is 4.45. The number of ether oxygens (including phenoxy) is 1. The van der Waals surface area contributed by atoms with Gasteiger partial charge in [0.05, 0.1) is 13.0 Å². The molecule has 2 heterocycles. The molecule has 0 unspecified atom stereocenters. The van der Waals surface area contributed by atoms with Gasteiger partial charge in [0.25, 0.3) is 0 Å². The number of rotatable bonds is 7. The molecule has 3 rings (SSSR count). The molecule has 1 aromatic carbocycles. The zero-order chi connectivity index (χ0) is 17.5. The standard InChI is InChI=1S/C19H22FN3O2/c20-16-3-5-17(6-4-16)25-12-8-19(24)22-14-15-7-9-21-18(13-15)23-10-1-2-11-23/h3-7,9,13H,1-2,8,10-12,14H2,(H,22,24). The number of hydrogen-bond acceptors (Lipinski definition) is 4. The maximum atomic E-state index is 12.8. The maximum absolute atomic E-state index is 12.8. The summed E-state index contributed by atoms with van der Waals surface area (Å²) in [7, 11) is 0. The summed E-state index contributed by atoms with van der Waals surface area (Å²) < 4.78 is 18.2. The van der Waals surface area contributed by atoms with Crippen molar-refractivity contribution >= 4 is 11.7 Å². The number of hydrogen-bond donors (Lipinski definition) is 1. The highest BCUT2D eigenvalue weighted by Gasteiger charge is 2.13. The number of aromatic nitrogens is 1. The average Bonchev–Trinajstić information content (AvgIpc) is 3.17. The first-order valence-corrected chi connectivity index (χ1v) is 8.56. The molecule has 1 aliphatic rings. The van der Waals surface area contributed by atoms with Gasteiger partial charge in [-0.2, -0.15) is 0 Å². The minimum atomic E-state index is -0.309. The fraction of sp³-hybridized carbons (Fsp3) is 0.368. The van der Waals surface area contributed by atoms with E-state index in [9.17, 15) is 9.18 Å².